The Morgan fingerprint density at radius 2 is 2.40 bits per heavy atom. The van der Waals surface area contributed by atoms with Gasteiger partial charge in [-0.2, -0.15) is 5.26 Å². The van der Waals surface area contributed by atoms with Gasteiger partial charge in [-0.25, -0.2) is 9.97 Å². The predicted molar refractivity (Wildman–Crippen MR) is 33.1 cm³/mol. The topological polar surface area (TPSA) is 69.8 Å². The molecule has 50 valence electrons. The molecule has 0 aliphatic carbocycles. The number of rotatable bonds is 0. The molecule has 0 bridgehead atoms. The second-order valence-electron chi connectivity index (χ2n) is 1.78. The molecule has 1 rings (SSSR count). The summed E-state index contributed by atoms with van der Waals surface area (Å²) >= 11 is 0. The average Bonchev–Trinajstić information content (AvgIpc) is 1.95. The van der Waals surface area contributed by atoms with E-state index in [0.29, 0.717) is 5.69 Å². The smallest absolute Gasteiger partial charge is 0.232 e. The van der Waals surface area contributed by atoms with E-state index in [1.165, 1.54) is 6.20 Å². The maximum Gasteiger partial charge on any atom is 0.232 e. The monoisotopic (exact) mass is 135 g/mol. The Morgan fingerprint density at radius 1 is 1.70 bits per heavy atom. The highest BCUT2D eigenvalue weighted by atomic mass is 16.3. The Hall–Kier alpha value is -1.63. The van der Waals surface area contributed by atoms with E-state index in [9.17, 15) is 0 Å². The number of nitrogens with zero attached hydrogens (tertiary/aromatic N) is 3. The molecule has 1 heterocycles. The highest BCUT2D eigenvalue weighted by molar-refractivity contribution is 5.23. The Balaban J connectivity index is 3.20. The first kappa shape index (κ1) is 6.49. The summed E-state index contributed by atoms with van der Waals surface area (Å²) in [6, 6.07) is 1.81. The summed E-state index contributed by atoms with van der Waals surface area (Å²) in [5.41, 5.74) is 0.592. The zero-order valence-electron chi connectivity index (χ0n) is 5.37. The van der Waals surface area contributed by atoms with Crippen molar-refractivity contribution < 1.29 is 5.11 Å². The summed E-state index contributed by atoms with van der Waals surface area (Å²) in [5.74, 6) is -0.126. The number of nitriles is 1. The van der Waals surface area contributed by atoms with E-state index < -0.39 is 0 Å². The first-order chi connectivity index (χ1) is 4.74. The van der Waals surface area contributed by atoms with Crippen molar-refractivity contribution in [3.8, 4) is 11.9 Å². The third-order valence-corrected chi connectivity index (χ3v) is 1.04. The Kier molecular flexibility index (Phi) is 1.50. The quantitative estimate of drug-likeness (QED) is 0.557. The third kappa shape index (κ3) is 1.03. The second-order valence-corrected chi connectivity index (χ2v) is 1.78. The van der Waals surface area contributed by atoms with Crippen molar-refractivity contribution in [1.29, 1.82) is 5.26 Å². The normalized spacial score (nSPS) is 8.80. The minimum atomic E-state index is -0.126. The summed E-state index contributed by atoms with van der Waals surface area (Å²) in [7, 11) is 0. The van der Waals surface area contributed by atoms with Gasteiger partial charge in [0, 0.05) is 0 Å². The highest BCUT2D eigenvalue weighted by Crippen LogP contribution is 2.07. The van der Waals surface area contributed by atoms with Crippen molar-refractivity contribution in [2.75, 3.05) is 0 Å². The van der Waals surface area contributed by atoms with E-state index in [-0.39, 0.29) is 11.6 Å². The zero-order valence-corrected chi connectivity index (χ0v) is 5.37. The van der Waals surface area contributed by atoms with Crippen LogP contribution in [0.3, 0.4) is 0 Å². The van der Waals surface area contributed by atoms with Gasteiger partial charge >= 0.3 is 0 Å². The summed E-state index contributed by atoms with van der Waals surface area (Å²) < 4.78 is 0. The molecule has 1 aromatic rings. The van der Waals surface area contributed by atoms with Gasteiger partial charge in [-0.15, -0.1) is 0 Å². The Labute approximate surface area is 57.8 Å². The van der Waals surface area contributed by atoms with E-state index in [1.807, 2.05) is 6.07 Å². The lowest BCUT2D eigenvalue weighted by Gasteiger charge is -1.93. The van der Waals surface area contributed by atoms with E-state index in [2.05, 4.69) is 9.97 Å². The number of hydrogen-bond acceptors (Lipinski definition) is 4. The maximum atomic E-state index is 8.86. The molecule has 4 nitrogen and oxygen atoms in total. The van der Waals surface area contributed by atoms with Gasteiger partial charge in [0.2, 0.25) is 5.88 Å². The van der Waals surface area contributed by atoms with E-state index in [4.69, 9.17) is 10.4 Å². The van der Waals surface area contributed by atoms with Crippen LogP contribution in [0.4, 0.5) is 0 Å². The Bertz CT molecular complexity index is 290. The second kappa shape index (κ2) is 2.31. The molecule has 0 saturated heterocycles. The van der Waals surface area contributed by atoms with Crippen molar-refractivity contribution in [3.63, 3.8) is 0 Å². The molecule has 0 fully saturated rings. The number of aromatic nitrogens is 2. The van der Waals surface area contributed by atoms with Gasteiger partial charge in [-0.05, 0) is 6.92 Å². The van der Waals surface area contributed by atoms with Gasteiger partial charge in [-0.1, -0.05) is 0 Å². The van der Waals surface area contributed by atoms with Crippen LogP contribution >= 0.6 is 0 Å². The molecule has 0 aliphatic rings. The van der Waals surface area contributed by atoms with Crippen molar-refractivity contribution in [2.45, 2.75) is 6.92 Å². The maximum absolute atomic E-state index is 8.86. The molecule has 10 heavy (non-hydrogen) atoms. The molecule has 0 radical (unpaired) electrons. The van der Waals surface area contributed by atoms with Gasteiger partial charge in [-0.3, -0.25) is 0 Å². The van der Waals surface area contributed by atoms with Crippen LogP contribution in [0.15, 0.2) is 6.20 Å². The average molecular weight is 135 g/mol. The lowest BCUT2D eigenvalue weighted by atomic mass is 10.4. The number of aryl methyl sites for hydroxylation is 1. The van der Waals surface area contributed by atoms with Crippen LogP contribution < -0.4 is 0 Å². The van der Waals surface area contributed by atoms with Crippen LogP contribution in [0, 0.1) is 18.3 Å². The fraction of sp³-hybridized carbons (Fsp3) is 0.167. The fourth-order valence-electron chi connectivity index (χ4n) is 0.529. The van der Waals surface area contributed by atoms with E-state index in [1.54, 1.807) is 6.92 Å². The van der Waals surface area contributed by atoms with Crippen LogP contribution in [0.2, 0.25) is 0 Å². The van der Waals surface area contributed by atoms with Gasteiger partial charge in [0.05, 0.1) is 6.20 Å². The van der Waals surface area contributed by atoms with Crippen LogP contribution in [-0.4, -0.2) is 15.1 Å². The first-order valence-electron chi connectivity index (χ1n) is 2.66. The molecule has 0 saturated carbocycles. The van der Waals surface area contributed by atoms with E-state index >= 15 is 0 Å². The molecule has 0 amide bonds. The van der Waals surface area contributed by atoms with Crippen LogP contribution in [-0.2, 0) is 0 Å². The molecule has 0 atom stereocenters. The summed E-state index contributed by atoms with van der Waals surface area (Å²) in [6.45, 7) is 1.59. The van der Waals surface area contributed by atoms with E-state index in [0.717, 1.165) is 0 Å². The number of hydrogen-bond donors (Lipinski definition) is 1. The molecule has 1 aromatic heterocycles. The van der Waals surface area contributed by atoms with Crippen LogP contribution in [0.25, 0.3) is 0 Å². The van der Waals surface area contributed by atoms with Crippen molar-refractivity contribution in [3.05, 3.63) is 17.6 Å². The van der Waals surface area contributed by atoms with Gasteiger partial charge < -0.3 is 5.11 Å². The zero-order chi connectivity index (χ0) is 7.56. The molecule has 1 N–H and O–H groups in total. The molecular weight excluding hydrogens is 130 g/mol. The van der Waals surface area contributed by atoms with Crippen LogP contribution in [0.1, 0.15) is 11.4 Å². The van der Waals surface area contributed by atoms with Crippen molar-refractivity contribution >= 4 is 0 Å². The van der Waals surface area contributed by atoms with Crippen molar-refractivity contribution in [2.24, 2.45) is 0 Å². The highest BCUT2D eigenvalue weighted by Gasteiger charge is 1.98. The SMILES string of the molecule is Cc1nc(C#N)cnc1O. The molecule has 4 heteroatoms. The lowest BCUT2D eigenvalue weighted by molar-refractivity contribution is 0.445. The molecule has 0 aliphatic heterocycles. The predicted octanol–water partition coefficient (Wildman–Crippen LogP) is 0.362. The lowest BCUT2D eigenvalue weighted by Crippen LogP contribution is -1.89. The fourth-order valence-corrected chi connectivity index (χ4v) is 0.529. The standard InChI is InChI=1S/C6H5N3O/c1-4-6(10)8-3-5(2-7)9-4/h3H,1H3,(H,8,10). The molecule has 0 aromatic carbocycles. The third-order valence-electron chi connectivity index (χ3n) is 1.04. The van der Waals surface area contributed by atoms with Gasteiger partial charge in [0.1, 0.15) is 11.8 Å². The first-order valence-corrected chi connectivity index (χ1v) is 2.66. The number of aromatic hydroxyl groups is 1. The molecule has 0 spiro atoms. The van der Waals surface area contributed by atoms with Crippen LogP contribution in [0.5, 0.6) is 5.88 Å². The minimum Gasteiger partial charge on any atom is -0.492 e. The largest absolute Gasteiger partial charge is 0.492 e. The molecule has 0 unspecified atom stereocenters. The summed E-state index contributed by atoms with van der Waals surface area (Å²) in [6.07, 6.45) is 1.22. The van der Waals surface area contributed by atoms with Gasteiger partial charge in [0.25, 0.3) is 0 Å². The molecular formula is C6H5N3O. The summed E-state index contributed by atoms with van der Waals surface area (Å²) in [4.78, 5) is 7.24. The van der Waals surface area contributed by atoms with Crippen molar-refractivity contribution in [1.82, 2.24) is 9.97 Å². The Morgan fingerprint density at radius 3 is 2.90 bits per heavy atom. The van der Waals surface area contributed by atoms with Gasteiger partial charge in [0.15, 0.2) is 5.69 Å². The summed E-state index contributed by atoms with van der Waals surface area (Å²) in [5, 5.41) is 17.2. The minimum absolute atomic E-state index is 0.126.